The predicted octanol–water partition coefficient (Wildman–Crippen LogP) is -1.36. The first-order chi connectivity index (χ1) is 11.7. The summed E-state index contributed by atoms with van der Waals surface area (Å²) in [5.74, 6) is 0.240. The molecule has 0 saturated carbocycles. The molecule has 1 saturated heterocycles. The van der Waals surface area contributed by atoms with E-state index in [0.717, 1.165) is 0 Å². The monoisotopic (exact) mass is 374 g/mol. The number of aromatic nitrogens is 4. The Morgan fingerprint density at radius 1 is 1.36 bits per heavy atom. The molecule has 0 radical (unpaired) electrons. The summed E-state index contributed by atoms with van der Waals surface area (Å²) in [5.41, 5.74) is 6.29. The van der Waals surface area contributed by atoms with E-state index in [9.17, 15) is 14.8 Å². The second-order valence-electron chi connectivity index (χ2n) is 5.76. The van der Waals surface area contributed by atoms with Crippen LogP contribution in [-0.2, 0) is 9.30 Å². The Morgan fingerprint density at radius 3 is 2.68 bits per heavy atom. The van der Waals surface area contributed by atoms with Crippen molar-refractivity contribution in [3.63, 3.8) is 0 Å². The maximum Gasteiger partial charge on any atom is 0.327 e. The van der Waals surface area contributed by atoms with Gasteiger partial charge in [-0.2, -0.15) is 0 Å². The number of hydrogen-bond acceptors (Lipinski definition) is 9. The van der Waals surface area contributed by atoms with E-state index in [1.807, 2.05) is 0 Å². The van der Waals surface area contributed by atoms with Crippen LogP contribution in [0.15, 0.2) is 6.33 Å². The van der Waals surface area contributed by atoms with Gasteiger partial charge in [0.2, 0.25) is 5.95 Å². The molecular weight excluding hydrogens is 355 g/mol. The molecule has 13 heteroatoms. The molecule has 1 aliphatic rings. The van der Waals surface area contributed by atoms with Crippen molar-refractivity contribution in [3.8, 4) is 0 Å². The van der Waals surface area contributed by atoms with Crippen LogP contribution in [0, 0.1) is 0 Å². The lowest BCUT2D eigenvalue weighted by Gasteiger charge is -2.19. The lowest BCUT2D eigenvalue weighted by Crippen LogP contribution is -2.31. The van der Waals surface area contributed by atoms with E-state index in [0.29, 0.717) is 0 Å². The molecule has 2 aromatic heterocycles. The molecule has 7 N–H and O–H groups in total. The highest BCUT2D eigenvalue weighted by atomic mass is 31.2. The molecule has 4 atom stereocenters. The second-order valence-corrected chi connectivity index (χ2v) is 7.54. The lowest BCUT2D eigenvalue weighted by atomic mass is 10.1. The molecule has 0 spiro atoms. The zero-order valence-electron chi connectivity index (χ0n) is 13.2. The highest BCUT2D eigenvalue weighted by molar-refractivity contribution is 7.51. The first-order valence-electron chi connectivity index (χ1n) is 7.47. The van der Waals surface area contributed by atoms with Gasteiger partial charge in [-0.15, -0.1) is 0 Å². The van der Waals surface area contributed by atoms with Crippen LogP contribution < -0.4 is 11.1 Å². The minimum atomic E-state index is -4.19. The van der Waals surface area contributed by atoms with Crippen molar-refractivity contribution in [1.29, 1.82) is 0 Å². The van der Waals surface area contributed by atoms with Gasteiger partial charge < -0.3 is 35.8 Å². The number of aliphatic hydroxyl groups excluding tert-OH is 2. The molecule has 0 unspecified atom stereocenters. The molecule has 0 amide bonds. The van der Waals surface area contributed by atoms with Gasteiger partial charge >= 0.3 is 7.60 Å². The van der Waals surface area contributed by atoms with E-state index in [-0.39, 0.29) is 29.5 Å². The zero-order valence-corrected chi connectivity index (χ0v) is 14.1. The standard InChI is InChI=1S/C12H19N6O6P/c1-5-7(19)8(20)11(24-5)18-10-6(9(13)15-4-16-10)17-12(18)14-2-3-25(21,22)23/h4-5,7-8,11,19-20H,2-3H2,1H3,(H,14,17)(H2,13,15,16)(H2,21,22,23)/t5-,7-,8-,11-/m1/s1. The highest BCUT2D eigenvalue weighted by Gasteiger charge is 2.43. The second kappa shape index (κ2) is 6.48. The van der Waals surface area contributed by atoms with E-state index in [4.69, 9.17) is 20.3 Å². The van der Waals surface area contributed by atoms with Crippen LogP contribution >= 0.6 is 7.60 Å². The normalized spacial score (nSPS) is 27.1. The van der Waals surface area contributed by atoms with Gasteiger partial charge in [0.25, 0.3) is 0 Å². The first-order valence-corrected chi connectivity index (χ1v) is 9.27. The summed E-state index contributed by atoms with van der Waals surface area (Å²) in [6.07, 6.45) is -3.17. The van der Waals surface area contributed by atoms with Crippen LogP contribution in [0.2, 0.25) is 0 Å². The van der Waals surface area contributed by atoms with Gasteiger partial charge in [-0.05, 0) is 6.92 Å². The number of aliphatic hydroxyl groups is 2. The van der Waals surface area contributed by atoms with Gasteiger partial charge in [-0.25, -0.2) is 15.0 Å². The smallest absolute Gasteiger partial charge is 0.327 e. The van der Waals surface area contributed by atoms with E-state index in [1.165, 1.54) is 10.9 Å². The van der Waals surface area contributed by atoms with Crippen LogP contribution in [0.5, 0.6) is 0 Å². The lowest BCUT2D eigenvalue weighted by molar-refractivity contribution is -0.0287. The van der Waals surface area contributed by atoms with Crippen molar-refractivity contribution in [2.75, 3.05) is 23.8 Å². The summed E-state index contributed by atoms with van der Waals surface area (Å²) in [6, 6.07) is 0. The number of fused-ring (bicyclic) bond motifs is 1. The fraction of sp³-hybridized carbons (Fsp3) is 0.583. The number of hydrogen-bond donors (Lipinski definition) is 6. The molecule has 3 rings (SSSR count). The van der Waals surface area contributed by atoms with Crippen molar-refractivity contribution in [1.82, 2.24) is 19.5 Å². The van der Waals surface area contributed by atoms with Crippen molar-refractivity contribution < 1.29 is 29.3 Å². The number of nitrogen functional groups attached to an aromatic ring is 1. The Balaban J connectivity index is 2.01. The van der Waals surface area contributed by atoms with Gasteiger partial charge in [-0.1, -0.05) is 0 Å². The maximum atomic E-state index is 11.0. The molecule has 0 bridgehead atoms. The molecular formula is C12H19N6O6P. The van der Waals surface area contributed by atoms with Gasteiger partial charge in [0.05, 0.1) is 12.3 Å². The van der Waals surface area contributed by atoms with Crippen LogP contribution in [-0.4, -0.2) is 70.5 Å². The van der Waals surface area contributed by atoms with Crippen molar-refractivity contribution in [2.24, 2.45) is 0 Å². The first kappa shape index (κ1) is 18.0. The SMILES string of the molecule is C[C@H]1O[C@@H](n2c(NCCP(=O)(O)O)nc3c(N)ncnc32)[C@H](O)[C@@H]1O. The Hall–Kier alpha value is -1.82. The van der Waals surface area contributed by atoms with E-state index in [1.54, 1.807) is 6.92 Å². The van der Waals surface area contributed by atoms with Crippen molar-refractivity contribution in [3.05, 3.63) is 6.33 Å². The molecule has 2 aromatic rings. The summed E-state index contributed by atoms with van der Waals surface area (Å²) in [4.78, 5) is 30.1. The molecule has 0 aliphatic carbocycles. The fourth-order valence-electron chi connectivity index (χ4n) is 2.65. The summed E-state index contributed by atoms with van der Waals surface area (Å²) >= 11 is 0. The number of imidazole rings is 1. The molecule has 3 heterocycles. The number of ether oxygens (including phenoxy) is 1. The third-order valence-electron chi connectivity index (χ3n) is 3.92. The third-order valence-corrected chi connectivity index (χ3v) is 4.73. The average molecular weight is 374 g/mol. The zero-order chi connectivity index (χ0) is 18.4. The molecule has 12 nitrogen and oxygen atoms in total. The molecule has 138 valence electrons. The quantitative estimate of drug-likeness (QED) is 0.339. The molecule has 1 aliphatic heterocycles. The number of rotatable bonds is 5. The largest absolute Gasteiger partial charge is 0.388 e. The molecule has 0 aromatic carbocycles. The predicted molar refractivity (Wildman–Crippen MR) is 86.7 cm³/mol. The van der Waals surface area contributed by atoms with Gasteiger partial charge in [0, 0.05) is 6.54 Å². The van der Waals surface area contributed by atoms with Gasteiger partial charge in [0.15, 0.2) is 23.2 Å². The minimum Gasteiger partial charge on any atom is -0.388 e. The van der Waals surface area contributed by atoms with Crippen LogP contribution in [0.3, 0.4) is 0 Å². The Bertz CT molecular complexity index is 824. The van der Waals surface area contributed by atoms with E-state index < -0.39 is 38.3 Å². The number of anilines is 2. The minimum absolute atomic E-state index is 0.0815. The topological polar surface area (TPSA) is 189 Å². The molecule has 1 fully saturated rings. The van der Waals surface area contributed by atoms with Crippen LogP contribution in [0.1, 0.15) is 13.2 Å². The maximum absolute atomic E-state index is 11.0. The number of nitrogens with two attached hydrogens (primary N) is 1. The summed E-state index contributed by atoms with van der Waals surface area (Å²) in [5, 5.41) is 23.0. The van der Waals surface area contributed by atoms with E-state index in [2.05, 4.69) is 20.3 Å². The van der Waals surface area contributed by atoms with E-state index >= 15 is 0 Å². The Kier molecular flexibility index (Phi) is 4.66. The average Bonchev–Trinajstić information content (AvgIpc) is 3.00. The van der Waals surface area contributed by atoms with Crippen molar-refractivity contribution >= 4 is 30.5 Å². The summed E-state index contributed by atoms with van der Waals surface area (Å²) < 4.78 is 18.0. The summed E-state index contributed by atoms with van der Waals surface area (Å²) in [6.45, 7) is 1.53. The summed E-state index contributed by atoms with van der Waals surface area (Å²) in [7, 11) is -4.19. The molecule has 25 heavy (non-hydrogen) atoms. The Morgan fingerprint density at radius 2 is 2.08 bits per heavy atom. The van der Waals surface area contributed by atoms with Crippen molar-refractivity contribution in [2.45, 2.75) is 31.5 Å². The Labute approximate surface area is 141 Å². The van der Waals surface area contributed by atoms with Crippen LogP contribution in [0.25, 0.3) is 11.2 Å². The number of nitrogens with zero attached hydrogens (tertiary/aromatic N) is 4. The van der Waals surface area contributed by atoms with Crippen LogP contribution in [0.4, 0.5) is 11.8 Å². The highest BCUT2D eigenvalue weighted by Crippen LogP contribution is 2.36. The fourth-order valence-corrected chi connectivity index (χ4v) is 3.05. The van der Waals surface area contributed by atoms with Gasteiger partial charge in [0.1, 0.15) is 18.5 Å². The third kappa shape index (κ3) is 3.45. The van der Waals surface area contributed by atoms with Gasteiger partial charge in [-0.3, -0.25) is 9.13 Å². The number of nitrogens with one attached hydrogen (secondary N) is 1.